The fraction of sp³-hybridized carbons (Fsp3) is 0.156. The molecule has 2 radical (unpaired) electrons. The van der Waals surface area contributed by atoms with Crippen molar-refractivity contribution in [1.29, 1.82) is 0 Å². The van der Waals surface area contributed by atoms with Crippen LogP contribution in [0.2, 0.25) is 19.6 Å². The van der Waals surface area contributed by atoms with Crippen LogP contribution < -0.4 is 4.74 Å². The summed E-state index contributed by atoms with van der Waals surface area (Å²) in [5.41, 5.74) is 7.86. The van der Waals surface area contributed by atoms with Gasteiger partial charge in [0.1, 0.15) is 0 Å². The Kier molecular flexibility index (Phi) is 13.5. The van der Waals surface area contributed by atoms with Crippen LogP contribution in [0.25, 0.3) is 43.8 Å². The van der Waals surface area contributed by atoms with Gasteiger partial charge < -0.3 is 24.0 Å². The van der Waals surface area contributed by atoms with Crippen LogP contribution in [0.15, 0.2) is 84.9 Å². The average Bonchev–Trinajstić information content (AvgIpc) is 3.40. The van der Waals surface area contributed by atoms with Gasteiger partial charge >= 0.3 is 30.2 Å². The van der Waals surface area contributed by atoms with Crippen LogP contribution in [0.1, 0.15) is 11.1 Å². The number of benzene rings is 4. The molecule has 1 aliphatic rings. The van der Waals surface area contributed by atoms with E-state index in [0.29, 0.717) is 0 Å². The van der Waals surface area contributed by atoms with Gasteiger partial charge in [-0.15, -0.1) is 24.8 Å². The van der Waals surface area contributed by atoms with Gasteiger partial charge in [-0.25, -0.2) is 0 Å². The molecule has 2 nitrogen and oxygen atoms in total. The van der Waals surface area contributed by atoms with Gasteiger partial charge in [0.05, 0.1) is 5.75 Å². The topological polar surface area (TPSA) is 18.5 Å². The third kappa shape index (κ3) is 6.84. The third-order valence-electron chi connectivity index (χ3n) is 6.59. The number of hydrogen-bond donors (Lipinski definition) is 0. The van der Waals surface area contributed by atoms with Gasteiger partial charge in [-0.2, -0.15) is 0 Å². The van der Waals surface area contributed by atoms with Crippen molar-refractivity contribution in [1.82, 2.24) is 0 Å². The van der Waals surface area contributed by atoms with E-state index >= 15 is 0 Å². The fourth-order valence-corrected chi connectivity index (χ4v) is 5.55. The molecule has 5 aromatic rings. The molecule has 0 amide bonds. The van der Waals surface area contributed by atoms with Crippen molar-refractivity contribution in [2.45, 2.75) is 26.1 Å². The standard InChI is InChI=1S/C30H27O2Si.2CH3.2ClH.Si.Zr/c1-33(2,3)32-19-31-28-17-16-24-21-11-5-4-10-20(21)18-27(24)30(28)29-25-14-8-6-12-22(25)23-13-7-9-15-26(23)29;;;;;;/h4-17H,18-19H2,1-3H3;2*1H3;2*1H;;/q3*-1;;;;. The zero-order valence-electron chi connectivity index (χ0n) is 23.1. The molecule has 0 aromatic heterocycles. The van der Waals surface area contributed by atoms with E-state index in [2.05, 4.69) is 111 Å². The molecule has 6 rings (SSSR count). The van der Waals surface area contributed by atoms with E-state index in [9.17, 15) is 0 Å². The number of fused-ring (bicyclic) bond motifs is 6. The molecular weight excluding hydrogens is 635 g/mol. The van der Waals surface area contributed by atoms with E-state index in [-0.39, 0.29) is 46.5 Å². The quantitative estimate of drug-likeness (QED) is 0.103. The second-order valence-corrected chi connectivity index (χ2v) is 14.3. The minimum atomic E-state index is -1.68. The Hall–Kier alpha value is -1.59. The van der Waals surface area contributed by atoms with Gasteiger partial charge in [0.2, 0.25) is 0 Å². The maximum absolute atomic E-state index is 6.37. The second kappa shape index (κ2) is 14.9. The summed E-state index contributed by atoms with van der Waals surface area (Å²) in [5.74, 6) is 0.904. The molecule has 39 heavy (non-hydrogen) atoms. The Morgan fingerprint density at radius 2 is 1.28 bits per heavy atom. The molecule has 5 aromatic carbocycles. The van der Waals surface area contributed by atoms with Gasteiger partial charge in [0, 0.05) is 0 Å². The molecule has 1 aliphatic carbocycles. The number of halogens is 2. The van der Waals surface area contributed by atoms with E-state index in [1.54, 1.807) is 0 Å². The summed E-state index contributed by atoms with van der Waals surface area (Å²) >= 11 is 1.36. The average molecular weight is 670 g/mol. The van der Waals surface area contributed by atoms with Gasteiger partial charge in [-0.05, 0) is 54.4 Å². The molecule has 0 spiro atoms. The van der Waals surface area contributed by atoms with Crippen molar-refractivity contribution >= 4 is 61.6 Å². The SMILES string of the molecule is C[Si](C)(C)OCOc1ccc2c(c1-[c-]1c3ccccc3c3ccccc31)Cc1ccccc1-2.Cl.Cl.[CH3-].[CH3-].[Si]=[Zr]. The molecule has 0 atom stereocenters. The van der Waals surface area contributed by atoms with Gasteiger partial charge in [-0.3, -0.25) is 0 Å². The zero-order chi connectivity index (χ0) is 24.6. The van der Waals surface area contributed by atoms with E-state index in [1.807, 2.05) is 0 Å². The fourth-order valence-electron chi connectivity index (χ4n) is 5.14. The van der Waals surface area contributed by atoms with Crippen molar-refractivity contribution in [3.8, 4) is 28.0 Å². The summed E-state index contributed by atoms with van der Waals surface area (Å²) in [6.07, 6.45) is 0.917. The summed E-state index contributed by atoms with van der Waals surface area (Å²) in [7, 11) is -1.68. The minimum absolute atomic E-state index is 0. The normalized spacial score (nSPS) is 10.9. The van der Waals surface area contributed by atoms with E-state index in [0.717, 1.165) is 12.2 Å². The molecular formula is C32H35Cl2O2Si2Zr-3. The first-order valence-electron chi connectivity index (χ1n) is 11.8. The Morgan fingerprint density at radius 1 is 0.744 bits per heavy atom. The van der Waals surface area contributed by atoms with Crippen molar-refractivity contribution in [2.75, 3.05) is 6.79 Å². The Bertz CT molecular complexity index is 1490. The molecule has 0 bridgehead atoms. The summed E-state index contributed by atoms with van der Waals surface area (Å²) < 4.78 is 12.4. The van der Waals surface area contributed by atoms with Crippen LogP contribution >= 0.6 is 24.8 Å². The maximum atomic E-state index is 6.37. The van der Waals surface area contributed by atoms with Crippen LogP contribution in [0.3, 0.4) is 0 Å². The Balaban J connectivity index is 0.00000124. The van der Waals surface area contributed by atoms with Crippen LogP contribution in [0.4, 0.5) is 0 Å². The molecule has 0 saturated carbocycles. The summed E-state index contributed by atoms with van der Waals surface area (Å²) in [5, 5.41) is 5.14. The summed E-state index contributed by atoms with van der Waals surface area (Å²) in [4.78, 5) is 0. The third-order valence-corrected chi connectivity index (χ3v) is 7.57. The number of hydrogen-bond acceptors (Lipinski definition) is 2. The Labute approximate surface area is 264 Å². The summed E-state index contributed by atoms with van der Waals surface area (Å²) in [6, 6.07) is 30.6. The van der Waals surface area contributed by atoms with Gasteiger partial charge in [-0.1, -0.05) is 112 Å². The van der Waals surface area contributed by atoms with Crippen molar-refractivity contribution in [2.24, 2.45) is 0 Å². The number of ether oxygens (including phenoxy) is 1. The van der Waals surface area contributed by atoms with Gasteiger partial charge in [0.25, 0.3) is 0 Å². The van der Waals surface area contributed by atoms with Crippen molar-refractivity contribution in [3.05, 3.63) is 111 Å². The van der Waals surface area contributed by atoms with Gasteiger partial charge in [0.15, 0.2) is 15.1 Å². The van der Waals surface area contributed by atoms with Crippen molar-refractivity contribution < 1.29 is 32.5 Å². The van der Waals surface area contributed by atoms with Crippen LogP contribution in [0, 0.1) is 14.9 Å². The van der Waals surface area contributed by atoms with E-state index in [1.165, 1.54) is 78.3 Å². The zero-order valence-corrected chi connectivity index (χ0v) is 29.2. The predicted octanol–water partition coefficient (Wildman–Crippen LogP) is 9.50. The molecule has 0 fully saturated rings. The van der Waals surface area contributed by atoms with Crippen LogP contribution in [0.5, 0.6) is 5.75 Å². The molecule has 0 unspecified atom stereocenters. The first kappa shape index (κ1) is 35.4. The second-order valence-electron chi connectivity index (χ2n) is 9.78. The molecule has 7 heteroatoms. The Morgan fingerprint density at radius 3 is 1.87 bits per heavy atom. The molecule has 0 saturated heterocycles. The first-order valence-corrected chi connectivity index (χ1v) is 19.4. The van der Waals surface area contributed by atoms with Crippen LogP contribution in [-0.2, 0) is 34.2 Å². The molecule has 0 N–H and O–H groups in total. The molecule has 204 valence electrons. The van der Waals surface area contributed by atoms with E-state index < -0.39 is 8.32 Å². The first-order chi connectivity index (χ1) is 17.0. The van der Waals surface area contributed by atoms with Crippen LogP contribution in [-0.4, -0.2) is 22.0 Å². The molecule has 0 heterocycles. The predicted molar refractivity (Wildman–Crippen MR) is 174 cm³/mol. The van der Waals surface area contributed by atoms with Crippen molar-refractivity contribution in [3.63, 3.8) is 0 Å². The number of rotatable bonds is 5. The summed E-state index contributed by atoms with van der Waals surface area (Å²) in [6.45, 7) is 9.91. The van der Waals surface area contributed by atoms with E-state index in [4.69, 9.17) is 9.16 Å². The molecule has 0 aliphatic heterocycles. The monoisotopic (exact) mass is 667 g/mol.